The molecule has 2 aromatic rings. The average Bonchev–Trinajstić information content (AvgIpc) is 2.57. The summed E-state index contributed by atoms with van der Waals surface area (Å²) < 4.78 is 39.4. The van der Waals surface area contributed by atoms with E-state index in [0.29, 0.717) is 11.9 Å². The molecule has 0 fully saturated rings. The van der Waals surface area contributed by atoms with Crippen molar-refractivity contribution in [3.8, 4) is 5.75 Å². The van der Waals surface area contributed by atoms with Crippen molar-refractivity contribution in [3.05, 3.63) is 24.0 Å². The van der Waals surface area contributed by atoms with E-state index in [0.717, 1.165) is 4.57 Å². The molecule has 1 N–H and O–H groups in total. The third kappa shape index (κ3) is 2.07. The van der Waals surface area contributed by atoms with E-state index in [-0.39, 0.29) is 17.8 Å². The van der Waals surface area contributed by atoms with Gasteiger partial charge < -0.3 is 9.67 Å². The van der Waals surface area contributed by atoms with Gasteiger partial charge in [0.05, 0.1) is 11.0 Å². The summed E-state index contributed by atoms with van der Waals surface area (Å²) in [5.41, 5.74) is 0.544. The van der Waals surface area contributed by atoms with E-state index >= 15 is 0 Å². The van der Waals surface area contributed by atoms with Gasteiger partial charge in [0.2, 0.25) is 5.82 Å². The van der Waals surface area contributed by atoms with Crippen molar-refractivity contribution >= 4 is 11.0 Å². The van der Waals surface area contributed by atoms with Crippen molar-refractivity contribution in [2.45, 2.75) is 26.1 Å². The first kappa shape index (κ1) is 11.8. The SMILES string of the molecule is CCCn1c(C(F)(F)F)nc2ccc(O)cc21. The van der Waals surface area contributed by atoms with Crippen LogP contribution >= 0.6 is 0 Å². The van der Waals surface area contributed by atoms with Gasteiger partial charge in [-0.05, 0) is 18.6 Å². The summed E-state index contributed by atoms with van der Waals surface area (Å²) in [6.07, 6.45) is -3.92. The highest BCUT2D eigenvalue weighted by Gasteiger charge is 2.37. The number of aryl methyl sites for hydroxylation is 1. The quantitative estimate of drug-likeness (QED) is 0.881. The van der Waals surface area contributed by atoms with Crippen LogP contribution in [0.5, 0.6) is 5.75 Å². The van der Waals surface area contributed by atoms with Gasteiger partial charge in [0.1, 0.15) is 5.75 Å². The summed E-state index contributed by atoms with van der Waals surface area (Å²) in [6, 6.07) is 4.01. The third-order valence-electron chi connectivity index (χ3n) is 2.43. The van der Waals surface area contributed by atoms with Crippen LogP contribution in [-0.2, 0) is 12.7 Å². The molecule has 1 aromatic heterocycles. The number of aromatic nitrogens is 2. The zero-order chi connectivity index (χ0) is 12.6. The topological polar surface area (TPSA) is 38.0 Å². The molecule has 17 heavy (non-hydrogen) atoms. The Bertz CT molecular complexity index is 545. The predicted molar refractivity (Wildman–Crippen MR) is 56.7 cm³/mol. The minimum Gasteiger partial charge on any atom is -0.508 e. The van der Waals surface area contributed by atoms with Crippen LogP contribution in [0.25, 0.3) is 11.0 Å². The second kappa shape index (κ2) is 3.94. The van der Waals surface area contributed by atoms with E-state index in [2.05, 4.69) is 4.98 Å². The lowest BCUT2D eigenvalue weighted by molar-refractivity contribution is -0.146. The lowest BCUT2D eigenvalue weighted by atomic mass is 10.3. The fourth-order valence-corrected chi connectivity index (χ4v) is 1.78. The molecule has 0 aliphatic carbocycles. The van der Waals surface area contributed by atoms with Crippen molar-refractivity contribution < 1.29 is 18.3 Å². The van der Waals surface area contributed by atoms with Gasteiger partial charge in [0.15, 0.2) is 0 Å². The lowest BCUT2D eigenvalue weighted by Gasteiger charge is -2.09. The van der Waals surface area contributed by atoms with Crippen molar-refractivity contribution in [1.82, 2.24) is 9.55 Å². The van der Waals surface area contributed by atoms with Crippen LogP contribution in [0, 0.1) is 0 Å². The summed E-state index contributed by atoms with van der Waals surface area (Å²) in [4.78, 5) is 3.57. The first-order chi connectivity index (χ1) is 7.93. The lowest BCUT2D eigenvalue weighted by Crippen LogP contribution is -2.14. The average molecular weight is 244 g/mol. The highest BCUT2D eigenvalue weighted by molar-refractivity contribution is 5.77. The minimum absolute atomic E-state index is 0.0662. The number of imidazole rings is 1. The highest BCUT2D eigenvalue weighted by Crippen LogP contribution is 2.32. The van der Waals surface area contributed by atoms with Gasteiger partial charge in [-0.25, -0.2) is 4.98 Å². The number of phenols is 1. The van der Waals surface area contributed by atoms with Gasteiger partial charge in [-0.1, -0.05) is 6.92 Å². The Morgan fingerprint density at radius 3 is 2.65 bits per heavy atom. The second-order valence-corrected chi connectivity index (χ2v) is 3.76. The standard InChI is InChI=1S/C11H11F3N2O/c1-2-5-16-9-6-7(17)3-4-8(9)15-10(16)11(12,13)14/h3-4,6,17H,2,5H2,1H3. The Kier molecular flexibility index (Phi) is 2.73. The Morgan fingerprint density at radius 1 is 1.35 bits per heavy atom. The van der Waals surface area contributed by atoms with E-state index in [4.69, 9.17) is 0 Å². The van der Waals surface area contributed by atoms with E-state index in [1.165, 1.54) is 18.2 Å². The molecule has 0 saturated carbocycles. The van der Waals surface area contributed by atoms with Crippen LogP contribution < -0.4 is 0 Å². The van der Waals surface area contributed by atoms with Crippen molar-refractivity contribution in [3.63, 3.8) is 0 Å². The molecular weight excluding hydrogens is 233 g/mol. The number of hydrogen-bond donors (Lipinski definition) is 1. The molecule has 0 aliphatic heterocycles. The van der Waals surface area contributed by atoms with Crippen molar-refractivity contribution in [1.29, 1.82) is 0 Å². The van der Waals surface area contributed by atoms with Crippen LogP contribution in [0.2, 0.25) is 0 Å². The molecule has 92 valence electrons. The summed E-state index contributed by atoms with van der Waals surface area (Å²) in [5.74, 6) is -0.983. The normalized spacial score (nSPS) is 12.2. The molecule has 1 aromatic carbocycles. The fourth-order valence-electron chi connectivity index (χ4n) is 1.78. The summed E-state index contributed by atoms with van der Waals surface area (Å²) in [6.45, 7) is 2.00. The smallest absolute Gasteiger partial charge is 0.449 e. The Balaban J connectivity index is 2.71. The molecular formula is C11H11F3N2O. The minimum atomic E-state index is -4.48. The molecule has 0 aliphatic rings. The molecule has 0 radical (unpaired) electrons. The monoisotopic (exact) mass is 244 g/mol. The number of phenolic OH excluding ortho intramolecular Hbond substituents is 1. The summed E-state index contributed by atoms with van der Waals surface area (Å²) >= 11 is 0. The molecule has 0 spiro atoms. The fraction of sp³-hybridized carbons (Fsp3) is 0.364. The predicted octanol–water partition coefficient (Wildman–Crippen LogP) is 3.17. The zero-order valence-electron chi connectivity index (χ0n) is 9.12. The molecule has 0 bridgehead atoms. The number of hydrogen-bond acceptors (Lipinski definition) is 2. The zero-order valence-corrected chi connectivity index (χ0v) is 9.12. The molecule has 0 saturated heterocycles. The Hall–Kier alpha value is -1.72. The van der Waals surface area contributed by atoms with Gasteiger partial charge in [-0.15, -0.1) is 0 Å². The van der Waals surface area contributed by atoms with Gasteiger partial charge in [0.25, 0.3) is 0 Å². The maximum atomic E-state index is 12.8. The maximum Gasteiger partial charge on any atom is 0.449 e. The summed E-state index contributed by atoms with van der Waals surface area (Å²) in [7, 11) is 0. The molecule has 0 unspecified atom stereocenters. The highest BCUT2D eigenvalue weighted by atomic mass is 19.4. The van der Waals surface area contributed by atoms with Crippen LogP contribution in [-0.4, -0.2) is 14.7 Å². The van der Waals surface area contributed by atoms with Gasteiger partial charge in [0, 0.05) is 12.6 Å². The maximum absolute atomic E-state index is 12.8. The van der Waals surface area contributed by atoms with Crippen LogP contribution in [0.4, 0.5) is 13.2 Å². The van der Waals surface area contributed by atoms with Crippen LogP contribution in [0.1, 0.15) is 19.2 Å². The van der Waals surface area contributed by atoms with E-state index in [1.807, 2.05) is 0 Å². The van der Waals surface area contributed by atoms with E-state index < -0.39 is 12.0 Å². The third-order valence-corrected chi connectivity index (χ3v) is 2.43. The number of benzene rings is 1. The second-order valence-electron chi connectivity index (χ2n) is 3.76. The molecule has 3 nitrogen and oxygen atoms in total. The molecule has 0 amide bonds. The molecule has 6 heteroatoms. The number of rotatable bonds is 2. The Labute approximate surface area is 95.5 Å². The number of alkyl halides is 3. The largest absolute Gasteiger partial charge is 0.508 e. The molecule has 1 heterocycles. The Morgan fingerprint density at radius 2 is 2.06 bits per heavy atom. The van der Waals surface area contributed by atoms with E-state index in [9.17, 15) is 18.3 Å². The number of halogens is 3. The first-order valence-electron chi connectivity index (χ1n) is 5.20. The van der Waals surface area contributed by atoms with Gasteiger partial charge >= 0.3 is 6.18 Å². The summed E-state index contributed by atoms with van der Waals surface area (Å²) in [5, 5.41) is 9.31. The number of aromatic hydroxyl groups is 1. The molecule has 0 atom stereocenters. The van der Waals surface area contributed by atoms with Gasteiger partial charge in [-0.3, -0.25) is 0 Å². The van der Waals surface area contributed by atoms with Crippen LogP contribution in [0.15, 0.2) is 18.2 Å². The molecule has 2 rings (SSSR count). The number of fused-ring (bicyclic) bond motifs is 1. The van der Waals surface area contributed by atoms with Crippen molar-refractivity contribution in [2.75, 3.05) is 0 Å². The van der Waals surface area contributed by atoms with E-state index in [1.54, 1.807) is 6.92 Å². The van der Waals surface area contributed by atoms with Crippen LogP contribution in [0.3, 0.4) is 0 Å². The van der Waals surface area contributed by atoms with Crippen molar-refractivity contribution in [2.24, 2.45) is 0 Å². The number of nitrogens with zero attached hydrogens (tertiary/aromatic N) is 2. The van der Waals surface area contributed by atoms with Gasteiger partial charge in [-0.2, -0.15) is 13.2 Å². The first-order valence-corrected chi connectivity index (χ1v) is 5.20.